The van der Waals surface area contributed by atoms with Gasteiger partial charge in [-0.05, 0) is 50.2 Å². The number of hydrogen-bond acceptors (Lipinski definition) is 7. The molecule has 0 unspecified atom stereocenters. The largest absolute Gasteiger partial charge is 0.369 e. The molecule has 152 valence electrons. The van der Waals surface area contributed by atoms with E-state index < -0.39 is 0 Å². The summed E-state index contributed by atoms with van der Waals surface area (Å²) < 4.78 is 1.65. The highest BCUT2D eigenvalue weighted by Crippen LogP contribution is 2.35. The van der Waals surface area contributed by atoms with E-state index in [4.69, 9.17) is 0 Å². The third kappa shape index (κ3) is 3.48. The molecule has 0 bridgehead atoms. The molecular formula is C22H23N7O. The maximum Gasteiger partial charge on any atom is 0.270 e. The summed E-state index contributed by atoms with van der Waals surface area (Å²) in [6.07, 6.45) is 3.54. The van der Waals surface area contributed by atoms with Crippen LogP contribution in [0.25, 0.3) is 11.0 Å². The summed E-state index contributed by atoms with van der Waals surface area (Å²) in [6.45, 7) is 4.20. The molecule has 3 aromatic rings. The summed E-state index contributed by atoms with van der Waals surface area (Å²) in [4.78, 5) is 26.3. The van der Waals surface area contributed by atoms with Gasteiger partial charge in [-0.25, -0.2) is 4.98 Å². The maximum atomic E-state index is 12.6. The summed E-state index contributed by atoms with van der Waals surface area (Å²) in [7, 11) is 2.15. The molecule has 2 aliphatic rings. The number of piperazine rings is 1. The van der Waals surface area contributed by atoms with Crippen LogP contribution in [0.15, 0.2) is 41.3 Å². The quantitative estimate of drug-likeness (QED) is 0.718. The smallest absolute Gasteiger partial charge is 0.270 e. The fourth-order valence-corrected chi connectivity index (χ4v) is 3.88. The van der Waals surface area contributed by atoms with Gasteiger partial charge in [-0.2, -0.15) is 10.2 Å². The highest BCUT2D eigenvalue weighted by atomic mass is 16.1. The van der Waals surface area contributed by atoms with Crippen molar-refractivity contribution >= 4 is 28.4 Å². The van der Waals surface area contributed by atoms with Gasteiger partial charge in [0.1, 0.15) is 17.3 Å². The lowest BCUT2D eigenvalue weighted by molar-refractivity contribution is 0.313. The first-order chi connectivity index (χ1) is 14.6. The van der Waals surface area contributed by atoms with Gasteiger partial charge in [0.15, 0.2) is 0 Å². The van der Waals surface area contributed by atoms with Crippen LogP contribution in [0.2, 0.25) is 0 Å². The lowest BCUT2D eigenvalue weighted by Crippen LogP contribution is -2.44. The number of pyridine rings is 1. The Morgan fingerprint density at radius 2 is 1.87 bits per heavy atom. The Morgan fingerprint density at radius 1 is 1.13 bits per heavy atom. The standard InChI is InChI=1S/C22H23N7O/c1-27-8-10-28(11-9-27)18-4-2-17(3-5-18)25-22-24-14-16-12-15(13-23)21(30)29(19-6-7-19)20(16)26-22/h2-5,12,14,19H,6-11H2,1H3,(H,24,25,26). The Morgan fingerprint density at radius 3 is 2.53 bits per heavy atom. The predicted octanol–water partition coefficient (Wildman–Crippen LogP) is 2.49. The number of anilines is 3. The van der Waals surface area contributed by atoms with Gasteiger partial charge in [0.2, 0.25) is 5.95 Å². The molecular weight excluding hydrogens is 378 g/mol. The number of nitriles is 1. The molecule has 1 N–H and O–H groups in total. The SMILES string of the molecule is CN1CCN(c2ccc(Nc3ncc4cc(C#N)c(=O)n(C5CC5)c4n3)cc2)CC1. The van der Waals surface area contributed by atoms with Crippen LogP contribution < -0.4 is 15.8 Å². The number of nitrogens with one attached hydrogen (secondary N) is 1. The number of aromatic nitrogens is 3. The van der Waals surface area contributed by atoms with E-state index in [-0.39, 0.29) is 17.2 Å². The number of benzene rings is 1. The minimum atomic E-state index is -0.270. The first-order valence-electron chi connectivity index (χ1n) is 10.3. The van der Waals surface area contributed by atoms with Crippen LogP contribution in [0.4, 0.5) is 17.3 Å². The minimum Gasteiger partial charge on any atom is -0.369 e. The average Bonchev–Trinajstić information content (AvgIpc) is 3.59. The molecule has 1 aliphatic carbocycles. The van der Waals surface area contributed by atoms with E-state index >= 15 is 0 Å². The van der Waals surface area contributed by atoms with Gasteiger partial charge in [0.05, 0.1) is 0 Å². The second-order valence-corrected chi connectivity index (χ2v) is 8.01. The Bertz CT molecular complexity index is 1180. The van der Waals surface area contributed by atoms with Crippen molar-refractivity contribution in [3.63, 3.8) is 0 Å². The molecule has 5 rings (SSSR count). The molecule has 0 amide bonds. The van der Waals surface area contributed by atoms with E-state index in [1.165, 1.54) is 5.69 Å². The van der Waals surface area contributed by atoms with Crippen LogP contribution in [0.3, 0.4) is 0 Å². The van der Waals surface area contributed by atoms with Crippen LogP contribution in [0, 0.1) is 11.3 Å². The van der Waals surface area contributed by atoms with Crippen molar-refractivity contribution in [2.75, 3.05) is 43.4 Å². The summed E-state index contributed by atoms with van der Waals surface area (Å²) >= 11 is 0. The van der Waals surface area contributed by atoms with Gasteiger partial charge in [-0.3, -0.25) is 9.36 Å². The summed E-state index contributed by atoms with van der Waals surface area (Å²) in [5, 5.41) is 13.2. The Labute approximate surface area is 174 Å². The van der Waals surface area contributed by atoms with Crippen LogP contribution in [0.1, 0.15) is 24.4 Å². The van der Waals surface area contributed by atoms with Gasteiger partial charge < -0.3 is 15.1 Å². The van der Waals surface area contributed by atoms with Crippen LogP contribution in [-0.4, -0.2) is 52.7 Å². The van der Waals surface area contributed by atoms with Crippen molar-refractivity contribution in [3.05, 3.63) is 52.4 Å². The monoisotopic (exact) mass is 401 g/mol. The number of fused-ring (bicyclic) bond motifs is 1. The van der Waals surface area contributed by atoms with E-state index in [1.807, 2.05) is 18.2 Å². The minimum absolute atomic E-state index is 0.124. The zero-order valence-corrected chi connectivity index (χ0v) is 16.9. The van der Waals surface area contributed by atoms with Gasteiger partial charge >= 0.3 is 0 Å². The summed E-state index contributed by atoms with van der Waals surface area (Å²) in [5.74, 6) is 0.438. The van der Waals surface area contributed by atoms with E-state index in [0.717, 1.165) is 44.7 Å². The Kier molecular flexibility index (Phi) is 4.60. The van der Waals surface area contributed by atoms with Gasteiger partial charge in [0, 0.05) is 55.2 Å². The molecule has 1 saturated carbocycles. The highest BCUT2D eigenvalue weighted by molar-refractivity contribution is 5.77. The maximum absolute atomic E-state index is 12.6. The first-order valence-corrected chi connectivity index (χ1v) is 10.3. The third-order valence-electron chi connectivity index (χ3n) is 5.80. The van der Waals surface area contributed by atoms with Crippen LogP contribution in [0.5, 0.6) is 0 Å². The first kappa shape index (κ1) is 18.6. The number of nitrogens with zero attached hydrogens (tertiary/aromatic N) is 6. The van der Waals surface area contributed by atoms with Crippen molar-refractivity contribution < 1.29 is 0 Å². The summed E-state index contributed by atoms with van der Waals surface area (Å²) in [5.41, 5.74) is 2.54. The van der Waals surface area contributed by atoms with E-state index in [9.17, 15) is 10.1 Å². The Hall–Kier alpha value is -3.44. The molecule has 1 saturated heterocycles. The fourth-order valence-electron chi connectivity index (χ4n) is 3.88. The Balaban J connectivity index is 1.41. The number of rotatable bonds is 4. The van der Waals surface area contributed by atoms with Gasteiger partial charge in [-0.15, -0.1) is 0 Å². The van der Waals surface area contributed by atoms with Crippen molar-refractivity contribution in [2.24, 2.45) is 0 Å². The molecule has 2 fully saturated rings. The van der Waals surface area contributed by atoms with Gasteiger partial charge in [-0.1, -0.05) is 0 Å². The second kappa shape index (κ2) is 7.43. The molecule has 0 atom stereocenters. The molecule has 8 nitrogen and oxygen atoms in total. The molecule has 0 radical (unpaired) electrons. The zero-order chi connectivity index (χ0) is 20.7. The van der Waals surface area contributed by atoms with Gasteiger partial charge in [0.25, 0.3) is 5.56 Å². The molecule has 2 aromatic heterocycles. The van der Waals surface area contributed by atoms with Crippen LogP contribution >= 0.6 is 0 Å². The summed E-state index contributed by atoms with van der Waals surface area (Å²) in [6, 6.07) is 11.9. The van der Waals surface area contributed by atoms with Crippen molar-refractivity contribution in [1.82, 2.24) is 19.4 Å². The molecule has 3 heterocycles. The van der Waals surface area contributed by atoms with E-state index in [2.05, 4.69) is 44.3 Å². The average molecular weight is 401 g/mol. The van der Waals surface area contributed by atoms with E-state index in [0.29, 0.717) is 17.0 Å². The number of hydrogen-bond donors (Lipinski definition) is 1. The lowest BCUT2D eigenvalue weighted by Gasteiger charge is -2.34. The molecule has 1 aliphatic heterocycles. The molecule has 0 spiro atoms. The second-order valence-electron chi connectivity index (χ2n) is 8.01. The molecule has 1 aromatic carbocycles. The molecule has 8 heteroatoms. The predicted molar refractivity (Wildman–Crippen MR) is 116 cm³/mol. The number of likely N-dealkylation sites (N-methyl/N-ethyl adjacent to an activating group) is 1. The zero-order valence-electron chi connectivity index (χ0n) is 16.9. The van der Waals surface area contributed by atoms with Crippen molar-refractivity contribution in [2.45, 2.75) is 18.9 Å². The normalized spacial score (nSPS) is 17.1. The topological polar surface area (TPSA) is 90.1 Å². The fraction of sp³-hybridized carbons (Fsp3) is 0.364. The van der Waals surface area contributed by atoms with Crippen molar-refractivity contribution in [1.29, 1.82) is 5.26 Å². The van der Waals surface area contributed by atoms with E-state index in [1.54, 1.807) is 16.8 Å². The highest BCUT2D eigenvalue weighted by Gasteiger charge is 2.28. The third-order valence-corrected chi connectivity index (χ3v) is 5.80. The van der Waals surface area contributed by atoms with Crippen LogP contribution in [-0.2, 0) is 0 Å². The van der Waals surface area contributed by atoms with Crippen molar-refractivity contribution in [3.8, 4) is 6.07 Å². The lowest BCUT2D eigenvalue weighted by atomic mass is 10.2. The molecule has 30 heavy (non-hydrogen) atoms.